The molecule has 0 aliphatic carbocycles. The van der Waals surface area contributed by atoms with Crippen molar-refractivity contribution in [3.05, 3.63) is 34.3 Å². The molecule has 2 aliphatic rings. The van der Waals surface area contributed by atoms with Crippen LogP contribution in [0.5, 0.6) is 0 Å². The second-order valence-electron chi connectivity index (χ2n) is 6.02. The van der Waals surface area contributed by atoms with E-state index in [1.54, 1.807) is 0 Å². The normalized spacial score (nSPS) is 18.8. The first-order valence-corrected chi connectivity index (χ1v) is 8.42. The molecule has 0 spiro atoms. The van der Waals surface area contributed by atoms with Gasteiger partial charge in [0.25, 0.3) is 0 Å². The van der Waals surface area contributed by atoms with Crippen LogP contribution in [0.4, 0.5) is 26.3 Å². The molecule has 0 radical (unpaired) electrons. The first-order valence-electron chi connectivity index (χ1n) is 8.04. The summed E-state index contributed by atoms with van der Waals surface area (Å²) in [6.45, 7) is 4.40. The molecule has 0 amide bonds. The zero-order valence-electron chi connectivity index (χ0n) is 14.6. The first-order chi connectivity index (χ1) is 13.2. The van der Waals surface area contributed by atoms with Gasteiger partial charge in [-0.25, -0.2) is 9.59 Å². The van der Waals surface area contributed by atoms with Crippen molar-refractivity contribution in [2.75, 3.05) is 19.6 Å². The van der Waals surface area contributed by atoms with Gasteiger partial charge in [-0.1, -0.05) is 23.7 Å². The number of nitrogens with zero attached hydrogens (tertiary/aromatic N) is 1. The summed E-state index contributed by atoms with van der Waals surface area (Å²) >= 11 is 6.23. The zero-order chi connectivity index (χ0) is 22.4. The van der Waals surface area contributed by atoms with E-state index in [1.807, 2.05) is 6.07 Å². The van der Waals surface area contributed by atoms with Crippen LogP contribution >= 0.6 is 11.6 Å². The molecule has 3 N–H and O–H groups in total. The Labute approximate surface area is 166 Å². The Bertz CT molecular complexity index is 702. The minimum atomic E-state index is -5.08. The van der Waals surface area contributed by atoms with Gasteiger partial charge in [-0.2, -0.15) is 26.3 Å². The summed E-state index contributed by atoms with van der Waals surface area (Å²) in [6, 6.07) is 6.95. The molecule has 3 rings (SSSR count). The third-order valence-electron chi connectivity index (χ3n) is 3.99. The number of alkyl halides is 6. The molecule has 2 aliphatic heterocycles. The van der Waals surface area contributed by atoms with E-state index >= 15 is 0 Å². The van der Waals surface area contributed by atoms with Crippen LogP contribution in [0.3, 0.4) is 0 Å². The highest BCUT2D eigenvalue weighted by Crippen LogP contribution is 2.29. The highest BCUT2D eigenvalue weighted by molar-refractivity contribution is 6.31. The summed E-state index contributed by atoms with van der Waals surface area (Å²) in [4.78, 5) is 20.3. The molecule has 6 nitrogen and oxygen atoms in total. The molecule has 0 unspecified atom stereocenters. The molecule has 1 atom stereocenters. The standard InChI is InChI=1S/C12H15ClN2.2C2HF3O2/c13-12-3-1-2-9-6-10-7-14-4-5-15(10)8-11(9)12;2*3-2(4,5)1(6)7/h1-3,10,14H,4-8H2;2*(H,6,7)/t10-;;/m1../s1. The minimum Gasteiger partial charge on any atom is -0.475 e. The minimum absolute atomic E-state index is 0.671. The maximum atomic E-state index is 10.6. The summed E-state index contributed by atoms with van der Waals surface area (Å²) in [5.41, 5.74) is 2.78. The lowest BCUT2D eigenvalue weighted by atomic mass is 9.93. The van der Waals surface area contributed by atoms with E-state index in [0.717, 1.165) is 37.6 Å². The van der Waals surface area contributed by atoms with Gasteiger partial charge in [0.2, 0.25) is 0 Å². The van der Waals surface area contributed by atoms with Crippen molar-refractivity contribution in [2.24, 2.45) is 0 Å². The molecule has 1 saturated heterocycles. The summed E-state index contributed by atoms with van der Waals surface area (Å²) in [5.74, 6) is -5.51. The SMILES string of the molecule is Clc1cccc2c1CN1CCNC[C@H]1C2.O=C(O)C(F)(F)F.O=C(O)C(F)(F)F. The number of carboxylic acids is 2. The van der Waals surface area contributed by atoms with E-state index in [2.05, 4.69) is 22.3 Å². The fourth-order valence-corrected chi connectivity index (χ4v) is 2.89. The quantitative estimate of drug-likeness (QED) is 0.527. The molecule has 0 saturated carbocycles. The Hall–Kier alpha value is -2.05. The van der Waals surface area contributed by atoms with Gasteiger partial charge in [0.1, 0.15) is 0 Å². The molecule has 13 heteroatoms. The molecule has 29 heavy (non-hydrogen) atoms. The number of halogens is 7. The van der Waals surface area contributed by atoms with Crippen LogP contribution in [0.15, 0.2) is 18.2 Å². The van der Waals surface area contributed by atoms with E-state index in [4.69, 9.17) is 31.4 Å². The van der Waals surface area contributed by atoms with Gasteiger partial charge >= 0.3 is 24.3 Å². The smallest absolute Gasteiger partial charge is 0.475 e. The molecular formula is C16H17ClF6N2O4. The number of fused-ring (bicyclic) bond motifs is 2. The molecule has 0 aromatic heterocycles. The molecular weight excluding hydrogens is 434 g/mol. The molecule has 1 fully saturated rings. The Morgan fingerprint density at radius 1 is 1.07 bits per heavy atom. The third-order valence-corrected chi connectivity index (χ3v) is 4.34. The van der Waals surface area contributed by atoms with Crippen LogP contribution in [0.1, 0.15) is 11.1 Å². The number of hydrogen-bond acceptors (Lipinski definition) is 4. The highest BCUT2D eigenvalue weighted by atomic mass is 35.5. The average Bonchev–Trinajstić information content (AvgIpc) is 2.60. The summed E-state index contributed by atoms with van der Waals surface area (Å²) in [6.07, 6.45) is -9.02. The van der Waals surface area contributed by atoms with Gasteiger partial charge in [0.05, 0.1) is 0 Å². The topological polar surface area (TPSA) is 89.9 Å². The van der Waals surface area contributed by atoms with Crippen LogP contribution in [-0.4, -0.2) is 65.1 Å². The van der Waals surface area contributed by atoms with Crippen LogP contribution in [-0.2, 0) is 22.6 Å². The van der Waals surface area contributed by atoms with Gasteiger partial charge < -0.3 is 15.5 Å². The van der Waals surface area contributed by atoms with Crippen molar-refractivity contribution in [2.45, 2.75) is 31.4 Å². The van der Waals surface area contributed by atoms with Crippen LogP contribution in [0.2, 0.25) is 5.02 Å². The second kappa shape index (κ2) is 10.1. The predicted octanol–water partition coefficient (Wildman–Crippen LogP) is 2.94. The number of benzene rings is 1. The maximum absolute atomic E-state index is 10.6. The molecule has 1 aromatic rings. The van der Waals surface area contributed by atoms with Gasteiger partial charge in [0, 0.05) is 37.2 Å². The summed E-state index contributed by atoms with van der Waals surface area (Å²) in [5, 5.41) is 18.6. The zero-order valence-corrected chi connectivity index (χ0v) is 15.4. The van der Waals surface area contributed by atoms with Crippen molar-refractivity contribution < 1.29 is 46.1 Å². The largest absolute Gasteiger partial charge is 0.490 e. The Morgan fingerprint density at radius 2 is 1.59 bits per heavy atom. The Kier molecular flexibility index (Phi) is 8.72. The van der Waals surface area contributed by atoms with Crippen molar-refractivity contribution in [3.8, 4) is 0 Å². The van der Waals surface area contributed by atoms with Gasteiger partial charge in [-0.05, 0) is 23.6 Å². The van der Waals surface area contributed by atoms with E-state index in [9.17, 15) is 26.3 Å². The first kappa shape index (κ1) is 25.0. The number of carboxylic acid groups (broad SMARTS) is 2. The predicted molar refractivity (Wildman–Crippen MR) is 89.6 cm³/mol. The number of carbonyl (C=O) groups is 2. The Balaban J connectivity index is 0.000000255. The van der Waals surface area contributed by atoms with Crippen molar-refractivity contribution >= 4 is 23.5 Å². The van der Waals surface area contributed by atoms with E-state index < -0.39 is 24.3 Å². The molecule has 164 valence electrons. The summed E-state index contributed by atoms with van der Waals surface area (Å²) in [7, 11) is 0. The molecule has 2 heterocycles. The van der Waals surface area contributed by atoms with Crippen molar-refractivity contribution in [3.63, 3.8) is 0 Å². The number of rotatable bonds is 0. The van der Waals surface area contributed by atoms with Crippen molar-refractivity contribution in [1.29, 1.82) is 0 Å². The monoisotopic (exact) mass is 450 g/mol. The second-order valence-corrected chi connectivity index (χ2v) is 6.42. The number of nitrogens with one attached hydrogen (secondary N) is 1. The lowest BCUT2D eigenvalue weighted by Gasteiger charge is -2.40. The number of hydrogen-bond donors (Lipinski definition) is 3. The fourth-order valence-electron chi connectivity index (χ4n) is 2.64. The van der Waals surface area contributed by atoms with Gasteiger partial charge in [-0.3, -0.25) is 4.90 Å². The maximum Gasteiger partial charge on any atom is 0.490 e. The lowest BCUT2D eigenvalue weighted by Crippen LogP contribution is -2.53. The van der Waals surface area contributed by atoms with E-state index in [-0.39, 0.29) is 0 Å². The van der Waals surface area contributed by atoms with E-state index in [1.165, 1.54) is 11.1 Å². The van der Waals surface area contributed by atoms with Crippen LogP contribution in [0, 0.1) is 0 Å². The third kappa shape index (κ3) is 8.07. The molecule has 1 aromatic carbocycles. The average molecular weight is 451 g/mol. The number of piperazine rings is 1. The Morgan fingerprint density at radius 3 is 2.07 bits per heavy atom. The molecule has 0 bridgehead atoms. The van der Waals surface area contributed by atoms with Gasteiger partial charge in [-0.15, -0.1) is 0 Å². The van der Waals surface area contributed by atoms with Gasteiger partial charge in [0.15, 0.2) is 0 Å². The van der Waals surface area contributed by atoms with Crippen LogP contribution < -0.4 is 5.32 Å². The fraction of sp³-hybridized carbons (Fsp3) is 0.500. The highest BCUT2D eigenvalue weighted by Gasteiger charge is 2.38. The number of aliphatic carboxylic acids is 2. The lowest BCUT2D eigenvalue weighted by molar-refractivity contribution is -0.193. The van der Waals surface area contributed by atoms with Crippen LogP contribution in [0.25, 0.3) is 0 Å². The summed E-state index contributed by atoms with van der Waals surface area (Å²) < 4.78 is 63.5. The van der Waals surface area contributed by atoms with E-state index in [0.29, 0.717) is 6.04 Å². The van der Waals surface area contributed by atoms with Crippen molar-refractivity contribution in [1.82, 2.24) is 10.2 Å².